The third kappa shape index (κ3) is 5.29. The minimum atomic E-state index is -0.484. The third-order valence-electron chi connectivity index (χ3n) is 4.83. The topological polar surface area (TPSA) is 111 Å². The minimum Gasteiger partial charge on any atom is -0.469 e. The van der Waals surface area contributed by atoms with Crippen LogP contribution in [0.3, 0.4) is 0 Å². The van der Waals surface area contributed by atoms with Gasteiger partial charge in [0, 0.05) is 23.3 Å². The molecule has 4 N–H and O–H groups in total. The van der Waals surface area contributed by atoms with Crippen molar-refractivity contribution in [3.63, 3.8) is 0 Å². The molecule has 1 fully saturated rings. The van der Waals surface area contributed by atoms with E-state index in [0.29, 0.717) is 11.3 Å². The molecule has 2 rings (SSSR count). The van der Waals surface area contributed by atoms with Crippen molar-refractivity contribution in [2.45, 2.75) is 44.6 Å². The predicted molar refractivity (Wildman–Crippen MR) is 98.6 cm³/mol. The summed E-state index contributed by atoms with van der Waals surface area (Å²) in [7, 11) is 1.30. The average molecular weight is 361 g/mol. The SMILES string of the molecule is COC(=O)CCNC(=O)c1ccc(NC(=O)C2CCCCC2(C)N)cc1. The van der Waals surface area contributed by atoms with E-state index in [1.807, 2.05) is 6.92 Å². The van der Waals surface area contributed by atoms with Gasteiger partial charge in [-0.25, -0.2) is 0 Å². The Bertz CT molecular complexity index is 655. The van der Waals surface area contributed by atoms with E-state index < -0.39 is 5.54 Å². The number of methoxy groups -OCH3 is 1. The third-order valence-corrected chi connectivity index (χ3v) is 4.83. The molecular weight excluding hydrogens is 334 g/mol. The molecule has 0 aliphatic heterocycles. The summed E-state index contributed by atoms with van der Waals surface area (Å²) in [6.45, 7) is 2.14. The number of hydrogen-bond acceptors (Lipinski definition) is 5. The van der Waals surface area contributed by atoms with E-state index in [0.717, 1.165) is 25.7 Å². The van der Waals surface area contributed by atoms with Gasteiger partial charge in [-0.3, -0.25) is 14.4 Å². The normalized spacial score (nSPS) is 22.3. The van der Waals surface area contributed by atoms with Gasteiger partial charge in [0.1, 0.15) is 0 Å². The van der Waals surface area contributed by atoms with Gasteiger partial charge < -0.3 is 21.1 Å². The van der Waals surface area contributed by atoms with Crippen molar-refractivity contribution in [1.29, 1.82) is 0 Å². The summed E-state index contributed by atoms with van der Waals surface area (Å²) in [6, 6.07) is 6.63. The molecule has 1 aliphatic rings. The van der Waals surface area contributed by atoms with Crippen molar-refractivity contribution in [2.24, 2.45) is 11.7 Å². The molecule has 2 unspecified atom stereocenters. The van der Waals surface area contributed by atoms with E-state index in [1.165, 1.54) is 7.11 Å². The lowest BCUT2D eigenvalue weighted by Crippen LogP contribution is -2.51. The molecule has 0 spiro atoms. The Hall–Kier alpha value is -2.41. The number of carbonyl (C=O) groups is 3. The van der Waals surface area contributed by atoms with Crippen LogP contribution in [0, 0.1) is 5.92 Å². The highest BCUT2D eigenvalue weighted by Gasteiger charge is 2.37. The van der Waals surface area contributed by atoms with Crippen molar-refractivity contribution >= 4 is 23.5 Å². The first-order valence-corrected chi connectivity index (χ1v) is 8.88. The fourth-order valence-electron chi connectivity index (χ4n) is 3.21. The Labute approximate surface area is 153 Å². The number of rotatable bonds is 6. The molecule has 1 aromatic rings. The number of nitrogens with one attached hydrogen (secondary N) is 2. The van der Waals surface area contributed by atoms with Crippen LogP contribution >= 0.6 is 0 Å². The van der Waals surface area contributed by atoms with Crippen LogP contribution in [0.4, 0.5) is 5.69 Å². The second-order valence-electron chi connectivity index (χ2n) is 6.95. The first-order valence-electron chi connectivity index (χ1n) is 8.88. The standard InChI is InChI=1S/C19H27N3O4/c1-19(20)11-4-3-5-15(19)18(25)22-14-8-6-13(7-9-14)17(24)21-12-10-16(23)26-2/h6-9,15H,3-5,10-12,20H2,1-2H3,(H,21,24)(H,22,25). The van der Waals surface area contributed by atoms with Crippen LogP contribution in [-0.4, -0.2) is 37.0 Å². The number of amides is 2. The summed E-state index contributed by atoms with van der Waals surface area (Å²) in [6.07, 6.45) is 3.82. The molecule has 0 saturated heterocycles. The maximum absolute atomic E-state index is 12.5. The Morgan fingerprint density at radius 2 is 1.92 bits per heavy atom. The monoisotopic (exact) mass is 361 g/mol. The quantitative estimate of drug-likeness (QED) is 0.670. The van der Waals surface area contributed by atoms with Crippen molar-refractivity contribution in [1.82, 2.24) is 5.32 Å². The van der Waals surface area contributed by atoms with E-state index in [9.17, 15) is 14.4 Å². The van der Waals surface area contributed by atoms with Gasteiger partial charge in [-0.2, -0.15) is 0 Å². The summed E-state index contributed by atoms with van der Waals surface area (Å²) < 4.78 is 4.52. The van der Waals surface area contributed by atoms with Gasteiger partial charge in [-0.15, -0.1) is 0 Å². The first-order chi connectivity index (χ1) is 12.3. The van der Waals surface area contributed by atoms with Gasteiger partial charge in [-0.05, 0) is 44.0 Å². The zero-order valence-electron chi connectivity index (χ0n) is 15.3. The van der Waals surface area contributed by atoms with Crippen molar-refractivity contribution in [3.05, 3.63) is 29.8 Å². The molecule has 26 heavy (non-hydrogen) atoms. The van der Waals surface area contributed by atoms with Crippen LogP contribution in [0.25, 0.3) is 0 Å². The maximum atomic E-state index is 12.5. The molecule has 2 amide bonds. The Balaban J connectivity index is 1.89. The maximum Gasteiger partial charge on any atom is 0.307 e. The molecule has 1 aromatic carbocycles. The Morgan fingerprint density at radius 3 is 2.54 bits per heavy atom. The van der Waals surface area contributed by atoms with Crippen molar-refractivity contribution in [2.75, 3.05) is 19.0 Å². The zero-order valence-corrected chi connectivity index (χ0v) is 15.3. The minimum absolute atomic E-state index is 0.0787. The van der Waals surface area contributed by atoms with Gasteiger partial charge in [0.05, 0.1) is 19.4 Å². The largest absolute Gasteiger partial charge is 0.469 e. The van der Waals surface area contributed by atoms with Crippen LogP contribution in [0.2, 0.25) is 0 Å². The number of carbonyl (C=O) groups excluding carboxylic acids is 3. The molecule has 142 valence electrons. The molecule has 0 heterocycles. The lowest BCUT2D eigenvalue weighted by molar-refractivity contribution is -0.140. The highest BCUT2D eigenvalue weighted by molar-refractivity contribution is 5.96. The summed E-state index contributed by atoms with van der Waals surface area (Å²) >= 11 is 0. The van der Waals surface area contributed by atoms with Gasteiger partial charge >= 0.3 is 5.97 Å². The van der Waals surface area contributed by atoms with E-state index in [-0.39, 0.29) is 36.7 Å². The number of nitrogens with two attached hydrogens (primary N) is 1. The van der Waals surface area contributed by atoms with Crippen LogP contribution in [-0.2, 0) is 14.3 Å². The van der Waals surface area contributed by atoms with E-state index in [1.54, 1.807) is 24.3 Å². The van der Waals surface area contributed by atoms with Crippen LogP contribution < -0.4 is 16.4 Å². The van der Waals surface area contributed by atoms with E-state index in [2.05, 4.69) is 15.4 Å². The smallest absolute Gasteiger partial charge is 0.307 e. The van der Waals surface area contributed by atoms with Crippen LogP contribution in [0.15, 0.2) is 24.3 Å². The number of anilines is 1. The molecular formula is C19H27N3O4. The van der Waals surface area contributed by atoms with Gasteiger partial charge in [0.2, 0.25) is 5.91 Å². The number of benzene rings is 1. The lowest BCUT2D eigenvalue weighted by Gasteiger charge is -2.37. The van der Waals surface area contributed by atoms with E-state index >= 15 is 0 Å². The second-order valence-corrected chi connectivity index (χ2v) is 6.95. The summed E-state index contributed by atoms with van der Waals surface area (Å²) in [4.78, 5) is 35.6. The Kier molecular flexibility index (Phi) is 6.74. The predicted octanol–water partition coefficient (Wildman–Crippen LogP) is 1.83. The second kappa shape index (κ2) is 8.80. The molecule has 0 aromatic heterocycles. The van der Waals surface area contributed by atoms with Crippen LogP contribution in [0.1, 0.15) is 49.4 Å². The molecule has 0 bridgehead atoms. The first kappa shape index (κ1) is 19.9. The van der Waals surface area contributed by atoms with Crippen LogP contribution in [0.5, 0.6) is 0 Å². The molecule has 0 radical (unpaired) electrons. The number of esters is 1. The summed E-state index contributed by atoms with van der Waals surface area (Å²) in [5.41, 5.74) is 6.87. The highest BCUT2D eigenvalue weighted by atomic mass is 16.5. The molecule has 7 heteroatoms. The zero-order chi connectivity index (χ0) is 19.2. The molecule has 2 atom stereocenters. The summed E-state index contributed by atoms with van der Waals surface area (Å²) in [5, 5.41) is 5.53. The van der Waals surface area contributed by atoms with Crippen molar-refractivity contribution < 1.29 is 19.1 Å². The summed E-state index contributed by atoms with van der Waals surface area (Å²) in [5.74, 6) is -0.950. The fourth-order valence-corrected chi connectivity index (χ4v) is 3.21. The molecule has 1 saturated carbocycles. The number of ether oxygens (including phenoxy) is 1. The van der Waals surface area contributed by atoms with Gasteiger partial charge in [-0.1, -0.05) is 12.8 Å². The molecule has 1 aliphatic carbocycles. The molecule has 7 nitrogen and oxygen atoms in total. The van der Waals surface area contributed by atoms with E-state index in [4.69, 9.17) is 5.73 Å². The average Bonchev–Trinajstić information content (AvgIpc) is 2.61. The van der Waals surface area contributed by atoms with Gasteiger partial charge in [0.15, 0.2) is 0 Å². The number of hydrogen-bond donors (Lipinski definition) is 3. The lowest BCUT2D eigenvalue weighted by atomic mass is 9.74. The van der Waals surface area contributed by atoms with Crippen molar-refractivity contribution in [3.8, 4) is 0 Å². The van der Waals surface area contributed by atoms with Gasteiger partial charge in [0.25, 0.3) is 5.91 Å². The highest BCUT2D eigenvalue weighted by Crippen LogP contribution is 2.32. The fraction of sp³-hybridized carbons (Fsp3) is 0.526. The Morgan fingerprint density at radius 1 is 1.23 bits per heavy atom.